The molecule has 0 aromatic heterocycles. The van der Waals surface area contributed by atoms with Crippen molar-refractivity contribution in [1.82, 2.24) is 0 Å². The second kappa shape index (κ2) is 5.45. The first kappa shape index (κ1) is 14.0. The number of nitrogens with one attached hydrogen (secondary N) is 1. The molecule has 0 bridgehead atoms. The van der Waals surface area contributed by atoms with Gasteiger partial charge in [-0.15, -0.1) is 11.8 Å². The van der Waals surface area contributed by atoms with Crippen LogP contribution in [0.2, 0.25) is 0 Å². The van der Waals surface area contributed by atoms with Crippen LogP contribution in [0.15, 0.2) is 41.3 Å². The Kier molecular flexibility index (Phi) is 3.64. The van der Waals surface area contributed by atoms with Crippen LogP contribution in [-0.2, 0) is 11.2 Å². The summed E-state index contributed by atoms with van der Waals surface area (Å²) in [4.78, 5) is 13.7. The highest BCUT2D eigenvalue weighted by atomic mass is 32.2. The molecule has 1 aliphatic rings. The monoisotopic (exact) mass is 298 g/mol. The Hall–Kier alpha value is -1.94. The number of aryl methyl sites for hydroxylation is 2. The number of nitrogens with two attached hydrogens (primary N) is 1. The maximum Gasteiger partial charge on any atom is 0.238 e. The van der Waals surface area contributed by atoms with E-state index in [0.29, 0.717) is 0 Å². The predicted octanol–water partition coefficient (Wildman–Crippen LogP) is 3.54. The van der Waals surface area contributed by atoms with Crippen molar-refractivity contribution in [3.63, 3.8) is 0 Å². The fourth-order valence-electron chi connectivity index (χ4n) is 2.51. The molecule has 108 valence electrons. The molecule has 4 heteroatoms. The summed E-state index contributed by atoms with van der Waals surface area (Å²) in [5, 5.41) is 2.98. The van der Waals surface area contributed by atoms with E-state index in [1.807, 2.05) is 38.1 Å². The molecule has 1 unspecified atom stereocenters. The van der Waals surface area contributed by atoms with E-state index in [9.17, 15) is 4.79 Å². The minimum atomic E-state index is -0.0559. The summed E-state index contributed by atoms with van der Waals surface area (Å²) in [7, 11) is 0. The van der Waals surface area contributed by atoms with Gasteiger partial charge in [0.2, 0.25) is 5.91 Å². The maximum absolute atomic E-state index is 12.5. The Balaban J connectivity index is 1.75. The molecule has 1 aliphatic heterocycles. The van der Waals surface area contributed by atoms with Crippen molar-refractivity contribution in [2.75, 3.05) is 11.1 Å². The van der Waals surface area contributed by atoms with Crippen LogP contribution in [0, 0.1) is 13.8 Å². The van der Waals surface area contributed by atoms with E-state index >= 15 is 0 Å². The van der Waals surface area contributed by atoms with Crippen molar-refractivity contribution in [1.29, 1.82) is 0 Å². The van der Waals surface area contributed by atoms with E-state index in [1.165, 1.54) is 10.5 Å². The third-order valence-electron chi connectivity index (χ3n) is 3.81. The van der Waals surface area contributed by atoms with Gasteiger partial charge in [-0.05, 0) is 55.2 Å². The maximum atomic E-state index is 12.5. The number of benzene rings is 2. The lowest BCUT2D eigenvalue weighted by Gasteiger charge is -2.14. The Morgan fingerprint density at radius 3 is 2.76 bits per heavy atom. The van der Waals surface area contributed by atoms with Gasteiger partial charge in [0.1, 0.15) is 0 Å². The molecule has 1 amide bonds. The van der Waals surface area contributed by atoms with Crippen LogP contribution in [0.5, 0.6) is 0 Å². The van der Waals surface area contributed by atoms with Crippen LogP contribution in [0.4, 0.5) is 11.4 Å². The average Bonchev–Trinajstić information content (AvgIpc) is 2.88. The number of thioether (sulfide) groups is 1. The standard InChI is InChI=1S/C17H18N2OS/c1-10-8-14(11(2)7-13(10)18)19-17(20)16-9-12-5-3-4-6-15(12)21-16/h3-8,16H,9,18H2,1-2H3,(H,19,20). The average molecular weight is 298 g/mol. The fourth-order valence-corrected chi connectivity index (χ4v) is 3.71. The fraction of sp³-hybridized carbons (Fsp3) is 0.235. The number of hydrogen-bond donors (Lipinski definition) is 2. The lowest BCUT2D eigenvalue weighted by atomic mass is 10.1. The Bertz CT molecular complexity index is 687. The largest absolute Gasteiger partial charge is 0.399 e. The van der Waals surface area contributed by atoms with Gasteiger partial charge in [0.15, 0.2) is 0 Å². The minimum absolute atomic E-state index is 0.0559. The summed E-state index contributed by atoms with van der Waals surface area (Å²) in [6.07, 6.45) is 0.791. The molecule has 3 nitrogen and oxygen atoms in total. The first-order valence-corrected chi connectivity index (χ1v) is 7.84. The molecule has 0 saturated carbocycles. The first-order valence-electron chi connectivity index (χ1n) is 6.97. The van der Waals surface area contributed by atoms with Crippen LogP contribution < -0.4 is 11.1 Å². The van der Waals surface area contributed by atoms with Gasteiger partial charge >= 0.3 is 0 Å². The van der Waals surface area contributed by atoms with Crippen molar-refractivity contribution in [3.05, 3.63) is 53.1 Å². The van der Waals surface area contributed by atoms with Gasteiger partial charge in [0.05, 0.1) is 5.25 Å². The highest BCUT2D eigenvalue weighted by molar-refractivity contribution is 8.01. The SMILES string of the molecule is Cc1cc(NC(=O)C2Cc3ccccc3S2)c(C)cc1N. The Morgan fingerprint density at radius 1 is 1.24 bits per heavy atom. The van der Waals surface area contributed by atoms with Gasteiger partial charge in [0.25, 0.3) is 0 Å². The first-order chi connectivity index (χ1) is 10.0. The minimum Gasteiger partial charge on any atom is -0.399 e. The molecule has 0 aliphatic carbocycles. The summed E-state index contributed by atoms with van der Waals surface area (Å²) in [5.41, 5.74) is 10.7. The van der Waals surface area contributed by atoms with Crippen LogP contribution in [0.3, 0.4) is 0 Å². The summed E-state index contributed by atoms with van der Waals surface area (Å²) in [6, 6.07) is 12.0. The molecule has 1 heterocycles. The number of carbonyl (C=O) groups is 1. The summed E-state index contributed by atoms with van der Waals surface area (Å²) >= 11 is 1.64. The third-order valence-corrected chi connectivity index (χ3v) is 5.13. The number of anilines is 2. The van der Waals surface area contributed by atoms with Crippen molar-refractivity contribution in [2.24, 2.45) is 0 Å². The van der Waals surface area contributed by atoms with Gasteiger partial charge in [-0.2, -0.15) is 0 Å². The molecule has 0 saturated heterocycles. The molecule has 0 fully saturated rings. The Labute approximate surface area is 128 Å². The number of hydrogen-bond acceptors (Lipinski definition) is 3. The zero-order chi connectivity index (χ0) is 15.0. The van der Waals surface area contributed by atoms with Gasteiger partial charge in [0, 0.05) is 16.3 Å². The van der Waals surface area contributed by atoms with Crippen molar-refractivity contribution in [2.45, 2.75) is 30.4 Å². The summed E-state index contributed by atoms with van der Waals surface area (Å²) < 4.78 is 0. The molecule has 1 atom stereocenters. The van der Waals surface area contributed by atoms with Crippen LogP contribution in [0.1, 0.15) is 16.7 Å². The number of rotatable bonds is 2. The van der Waals surface area contributed by atoms with Crippen molar-refractivity contribution in [3.8, 4) is 0 Å². The van der Waals surface area contributed by atoms with E-state index < -0.39 is 0 Å². The molecule has 21 heavy (non-hydrogen) atoms. The van der Waals surface area contributed by atoms with E-state index in [4.69, 9.17) is 5.73 Å². The molecule has 3 N–H and O–H groups in total. The number of nitrogen functional groups attached to an aromatic ring is 1. The Morgan fingerprint density at radius 2 is 2.00 bits per heavy atom. The van der Waals surface area contributed by atoms with Gasteiger partial charge in [-0.1, -0.05) is 18.2 Å². The second-order valence-electron chi connectivity index (χ2n) is 5.43. The van der Waals surface area contributed by atoms with E-state index in [2.05, 4.69) is 17.4 Å². The van der Waals surface area contributed by atoms with E-state index in [0.717, 1.165) is 28.9 Å². The third kappa shape index (κ3) is 2.76. The van der Waals surface area contributed by atoms with Crippen LogP contribution >= 0.6 is 11.8 Å². The van der Waals surface area contributed by atoms with Gasteiger partial charge in [-0.25, -0.2) is 0 Å². The number of amides is 1. The van der Waals surface area contributed by atoms with Gasteiger partial charge in [-0.3, -0.25) is 4.79 Å². The van der Waals surface area contributed by atoms with Gasteiger partial charge < -0.3 is 11.1 Å². The molecule has 0 radical (unpaired) electrons. The van der Waals surface area contributed by atoms with E-state index in [1.54, 1.807) is 11.8 Å². The molecule has 2 aromatic rings. The topological polar surface area (TPSA) is 55.1 Å². The molecule has 0 spiro atoms. The summed E-state index contributed by atoms with van der Waals surface area (Å²) in [6.45, 7) is 3.91. The molecular formula is C17H18N2OS. The molecule has 2 aromatic carbocycles. The normalized spacial score (nSPS) is 16.6. The zero-order valence-electron chi connectivity index (χ0n) is 12.1. The van der Waals surface area contributed by atoms with E-state index in [-0.39, 0.29) is 11.2 Å². The quantitative estimate of drug-likeness (QED) is 0.834. The predicted molar refractivity (Wildman–Crippen MR) is 88.7 cm³/mol. The number of carbonyl (C=O) groups excluding carboxylic acids is 1. The van der Waals surface area contributed by atoms with Crippen LogP contribution in [-0.4, -0.2) is 11.2 Å². The molecular weight excluding hydrogens is 280 g/mol. The molecule has 3 rings (SSSR count). The summed E-state index contributed by atoms with van der Waals surface area (Å²) in [5.74, 6) is 0.0588. The lowest BCUT2D eigenvalue weighted by Crippen LogP contribution is -2.25. The smallest absolute Gasteiger partial charge is 0.238 e. The second-order valence-corrected chi connectivity index (χ2v) is 6.68. The lowest BCUT2D eigenvalue weighted by molar-refractivity contribution is -0.115. The highest BCUT2D eigenvalue weighted by Crippen LogP contribution is 2.37. The van der Waals surface area contributed by atoms with Crippen molar-refractivity contribution < 1.29 is 4.79 Å². The zero-order valence-corrected chi connectivity index (χ0v) is 13.0. The van der Waals surface area contributed by atoms with Crippen molar-refractivity contribution >= 4 is 29.0 Å². The highest BCUT2D eigenvalue weighted by Gasteiger charge is 2.28. The van der Waals surface area contributed by atoms with Crippen LogP contribution in [0.25, 0.3) is 0 Å². The number of fused-ring (bicyclic) bond motifs is 1.